The van der Waals surface area contributed by atoms with Gasteiger partial charge in [0.05, 0.1) is 19.0 Å². The maximum atomic E-state index is 10.3. The first-order valence-corrected chi connectivity index (χ1v) is 8.43. The van der Waals surface area contributed by atoms with Crippen LogP contribution in [0.15, 0.2) is 35.1 Å². The van der Waals surface area contributed by atoms with Crippen molar-refractivity contribution >= 4 is 0 Å². The second kappa shape index (κ2) is 4.74. The molecule has 4 aliphatic rings. The van der Waals surface area contributed by atoms with Crippen molar-refractivity contribution in [1.29, 1.82) is 0 Å². The first-order valence-electron chi connectivity index (χ1n) is 8.43. The van der Waals surface area contributed by atoms with Crippen LogP contribution in [0.1, 0.15) is 45.4 Å². The maximum absolute atomic E-state index is 10.3. The molecule has 1 fully saturated rings. The van der Waals surface area contributed by atoms with Gasteiger partial charge >= 0.3 is 0 Å². The molecule has 0 bridgehead atoms. The van der Waals surface area contributed by atoms with Crippen LogP contribution in [0.25, 0.3) is 0 Å². The first-order chi connectivity index (χ1) is 10.1. The Morgan fingerprint density at radius 2 is 2.14 bits per heavy atom. The van der Waals surface area contributed by atoms with Crippen molar-refractivity contribution in [3.8, 4) is 0 Å². The lowest BCUT2D eigenvalue weighted by Gasteiger charge is -2.51. The number of allylic oxidation sites excluding steroid dienone is 4. The van der Waals surface area contributed by atoms with Crippen molar-refractivity contribution in [2.45, 2.75) is 51.6 Å². The Labute approximate surface area is 127 Å². The number of rotatable bonds is 1. The minimum Gasteiger partial charge on any atom is -0.501 e. The maximum Gasteiger partial charge on any atom is 0.0959 e. The largest absolute Gasteiger partial charge is 0.501 e. The van der Waals surface area contributed by atoms with Crippen LogP contribution in [0.3, 0.4) is 0 Å². The summed E-state index contributed by atoms with van der Waals surface area (Å²) in [6.45, 7) is 2.30. The molecule has 0 aromatic rings. The molecule has 0 unspecified atom stereocenters. The summed E-state index contributed by atoms with van der Waals surface area (Å²) in [5.41, 5.74) is 3.46. The molecule has 0 saturated heterocycles. The number of hydrogen-bond donors (Lipinski definition) is 1. The topological polar surface area (TPSA) is 29.5 Å². The summed E-state index contributed by atoms with van der Waals surface area (Å²) in [7, 11) is 1.79. The van der Waals surface area contributed by atoms with E-state index < -0.39 is 0 Å². The average Bonchev–Trinajstić information content (AvgIpc) is 2.82. The summed E-state index contributed by atoms with van der Waals surface area (Å²) >= 11 is 0. The molecule has 21 heavy (non-hydrogen) atoms. The van der Waals surface area contributed by atoms with Crippen LogP contribution < -0.4 is 0 Å². The van der Waals surface area contributed by atoms with E-state index in [0.717, 1.165) is 36.9 Å². The zero-order valence-corrected chi connectivity index (χ0v) is 13.1. The van der Waals surface area contributed by atoms with Crippen LogP contribution in [0.2, 0.25) is 0 Å². The molecular formula is C19H26O2. The third kappa shape index (κ3) is 1.88. The van der Waals surface area contributed by atoms with Gasteiger partial charge in [0.15, 0.2) is 0 Å². The summed E-state index contributed by atoms with van der Waals surface area (Å²) in [4.78, 5) is 0. The molecule has 4 rings (SSSR count). The van der Waals surface area contributed by atoms with E-state index in [1.165, 1.54) is 19.3 Å². The SMILES string of the molecule is COC1=CCC2=C(CC[C@@H]3[C@@H]2CC[C@]2(C)[C@@H](O)C=C[C@@H]32)C1. The van der Waals surface area contributed by atoms with E-state index in [2.05, 4.69) is 25.2 Å². The summed E-state index contributed by atoms with van der Waals surface area (Å²) in [6.07, 6.45) is 13.5. The minimum absolute atomic E-state index is 0.0986. The molecule has 0 amide bonds. The van der Waals surface area contributed by atoms with Crippen molar-refractivity contribution in [2.75, 3.05) is 7.11 Å². The lowest BCUT2D eigenvalue weighted by Crippen LogP contribution is -2.45. The Bertz CT molecular complexity index is 542. The number of aliphatic hydroxyl groups excluding tert-OH is 1. The van der Waals surface area contributed by atoms with Gasteiger partial charge in [-0.25, -0.2) is 0 Å². The Kier molecular flexibility index (Phi) is 3.08. The fraction of sp³-hybridized carbons (Fsp3) is 0.684. The molecule has 2 heteroatoms. The molecule has 0 aromatic heterocycles. The van der Waals surface area contributed by atoms with Gasteiger partial charge in [-0.05, 0) is 55.9 Å². The predicted molar refractivity (Wildman–Crippen MR) is 83.5 cm³/mol. The summed E-state index contributed by atoms with van der Waals surface area (Å²) < 4.78 is 5.46. The second-order valence-corrected chi connectivity index (χ2v) is 7.59. The Hall–Kier alpha value is -1.02. The van der Waals surface area contributed by atoms with Gasteiger partial charge in [-0.2, -0.15) is 0 Å². The van der Waals surface area contributed by atoms with Crippen molar-refractivity contribution in [1.82, 2.24) is 0 Å². The lowest BCUT2D eigenvalue weighted by molar-refractivity contribution is -0.0192. The standard InChI is InChI=1S/C19H26O2/c1-19-10-9-15-14-6-4-13(21-2)11-12(14)3-5-16(15)17(19)7-8-18(19)20/h4,7-8,15-18,20H,3,5-6,9-11H2,1-2H3/t15-,16-,17+,18+,19+/m1/s1. The monoisotopic (exact) mass is 286 g/mol. The molecule has 1 saturated carbocycles. The van der Waals surface area contributed by atoms with Gasteiger partial charge in [-0.15, -0.1) is 0 Å². The van der Waals surface area contributed by atoms with Gasteiger partial charge in [-0.3, -0.25) is 0 Å². The fourth-order valence-corrected chi connectivity index (χ4v) is 5.48. The molecule has 0 aliphatic heterocycles. The predicted octanol–water partition coefficient (Wildman–Crippen LogP) is 3.98. The smallest absolute Gasteiger partial charge is 0.0959 e. The van der Waals surface area contributed by atoms with Crippen molar-refractivity contribution < 1.29 is 9.84 Å². The average molecular weight is 286 g/mol. The van der Waals surface area contributed by atoms with E-state index >= 15 is 0 Å². The lowest BCUT2D eigenvalue weighted by atomic mass is 9.54. The van der Waals surface area contributed by atoms with Crippen LogP contribution in [0.4, 0.5) is 0 Å². The van der Waals surface area contributed by atoms with E-state index in [0.29, 0.717) is 5.92 Å². The van der Waals surface area contributed by atoms with Crippen molar-refractivity contribution in [3.05, 3.63) is 35.1 Å². The van der Waals surface area contributed by atoms with Crippen LogP contribution >= 0.6 is 0 Å². The second-order valence-electron chi connectivity index (χ2n) is 7.59. The van der Waals surface area contributed by atoms with Crippen LogP contribution in [0.5, 0.6) is 0 Å². The van der Waals surface area contributed by atoms with Crippen LogP contribution in [-0.4, -0.2) is 18.3 Å². The molecule has 0 spiro atoms. The van der Waals surface area contributed by atoms with Crippen molar-refractivity contribution in [2.24, 2.45) is 23.2 Å². The van der Waals surface area contributed by atoms with E-state index in [9.17, 15) is 5.11 Å². The highest BCUT2D eigenvalue weighted by Crippen LogP contribution is 2.58. The minimum atomic E-state index is -0.231. The normalized spacial score (nSPS) is 44.8. The number of hydrogen-bond acceptors (Lipinski definition) is 2. The summed E-state index contributed by atoms with van der Waals surface area (Å²) in [6, 6.07) is 0. The number of aliphatic hydroxyl groups is 1. The molecule has 2 nitrogen and oxygen atoms in total. The van der Waals surface area contributed by atoms with E-state index in [4.69, 9.17) is 4.74 Å². The van der Waals surface area contributed by atoms with Gasteiger partial charge in [0, 0.05) is 11.8 Å². The zero-order valence-electron chi connectivity index (χ0n) is 13.1. The third-order valence-electron chi connectivity index (χ3n) is 6.79. The molecule has 5 atom stereocenters. The molecule has 114 valence electrons. The van der Waals surface area contributed by atoms with Gasteiger partial charge in [0.2, 0.25) is 0 Å². The Morgan fingerprint density at radius 3 is 2.95 bits per heavy atom. The highest BCUT2D eigenvalue weighted by Gasteiger charge is 2.52. The fourth-order valence-electron chi connectivity index (χ4n) is 5.48. The van der Waals surface area contributed by atoms with Gasteiger partial charge < -0.3 is 9.84 Å². The zero-order chi connectivity index (χ0) is 14.6. The van der Waals surface area contributed by atoms with E-state index in [1.807, 2.05) is 0 Å². The Morgan fingerprint density at radius 1 is 1.29 bits per heavy atom. The van der Waals surface area contributed by atoms with Crippen molar-refractivity contribution in [3.63, 3.8) is 0 Å². The van der Waals surface area contributed by atoms with E-state index in [1.54, 1.807) is 18.3 Å². The van der Waals surface area contributed by atoms with Gasteiger partial charge in [0.1, 0.15) is 0 Å². The summed E-state index contributed by atoms with van der Waals surface area (Å²) in [5.74, 6) is 3.22. The number of fused-ring (bicyclic) bond motifs is 4. The number of ether oxygens (including phenoxy) is 1. The Balaban J connectivity index is 1.62. The molecule has 0 radical (unpaired) electrons. The van der Waals surface area contributed by atoms with Crippen LogP contribution in [0, 0.1) is 23.2 Å². The molecule has 4 aliphatic carbocycles. The first kappa shape index (κ1) is 13.6. The molecule has 0 heterocycles. The van der Waals surface area contributed by atoms with E-state index in [-0.39, 0.29) is 11.5 Å². The molecule has 0 aromatic carbocycles. The quantitative estimate of drug-likeness (QED) is 0.739. The van der Waals surface area contributed by atoms with Crippen LogP contribution in [-0.2, 0) is 4.74 Å². The molecular weight excluding hydrogens is 260 g/mol. The van der Waals surface area contributed by atoms with Gasteiger partial charge in [-0.1, -0.05) is 30.2 Å². The third-order valence-corrected chi connectivity index (χ3v) is 6.79. The van der Waals surface area contributed by atoms with Gasteiger partial charge in [0.25, 0.3) is 0 Å². The molecule has 1 N–H and O–H groups in total. The summed E-state index contributed by atoms with van der Waals surface area (Å²) in [5, 5.41) is 10.3. The highest BCUT2D eigenvalue weighted by molar-refractivity contribution is 5.33. The highest BCUT2D eigenvalue weighted by atomic mass is 16.5. The number of methoxy groups -OCH3 is 1.